The molecule has 0 saturated carbocycles. The molecule has 0 aromatic carbocycles. The number of hydrogen-bond donors (Lipinski definition) is 0. The summed E-state index contributed by atoms with van der Waals surface area (Å²) < 4.78 is 5.42. The molecule has 0 spiro atoms. The third-order valence-electron chi connectivity index (χ3n) is 2.62. The molecule has 2 heteroatoms. The normalized spacial score (nSPS) is 47.1. The largest absolute Gasteiger partial charge is 0.370 e. The average molecular weight is 158 g/mol. The van der Waals surface area contributed by atoms with Crippen molar-refractivity contribution in [1.82, 2.24) is 0 Å². The summed E-state index contributed by atoms with van der Waals surface area (Å²) in [6, 6.07) is 0. The van der Waals surface area contributed by atoms with Crippen molar-refractivity contribution < 1.29 is 4.74 Å². The molecule has 0 radical (unpaired) electrons. The van der Waals surface area contributed by atoms with Gasteiger partial charge in [-0.25, -0.2) is 0 Å². The molecular weight excluding hydrogens is 144 g/mol. The minimum Gasteiger partial charge on any atom is -0.370 e. The Kier molecular flexibility index (Phi) is 1.69. The van der Waals surface area contributed by atoms with Gasteiger partial charge in [0.1, 0.15) is 0 Å². The fourth-order valence-electron chi connectivity index (χ4n) is 1.57. The zero-order valence-electron chi connectivity index (χ0n) is 6.43. The van der Waals surface area contributed by atoms with Crippen LogP contribution < -0.4 is 0 Å². The molecule has 2 aliphatic rings. The summed E-state index contributed by atoms with van der Waals surface area (Å²) in [5.74, 6) is 3.55. The average Bonchev–Trinajstić information content (AvgIpc) is 2.72. The summed E-state index contributed by atoms with van der Waals surface area (Å²) in [6.07, 6.45) is 2.79. The van der Waals surface area contributed by atoms with Crippen molar-refractivity contribution >= 4 is 11.8 Å². The second-order valence-electron chi connectivity index (χ2n) is 3.52. The van der Waals surface area contributed by atoms with E-state index in [1.54, 1.807) is 0 Å². The Bertz CT molecular complexity index is 125. The maximum absolute atomic E-state index is 5.42. The lowest BCUT2D eigenvalue weighted by Gasteiger charge is -2.24. The van der Waals surface area contributed by atoms with Gasteiger partial charge in [-0.1, -0.05) is 0 Å². The van der Waals surface area contributed by atoms with E-state index in [-0.39, 0.29) is 0 Å². The molecule has 0 bridgehead atoms. The van der Waals surface area contributed by atoms with Crippen LogP contribution in [0.4, 0.5) is 0 Å². The Morgan fingerprint density at radius 1 is 1.60 bits per heavy atom. The minimum atomic E-state index is 0.299. The standard InChI is InChI=1S/C8H14OS/c1-8(6-9-8)7-3-2-4-10-5-7/h7H,2-6H2,1H3. The van der Waals surface area contributed by atoms with E-state index in [1.807, 2.05) is 0 Å². The molecule has 2 saturated heterocycles. The summed E-state index contributed by atoms with van der Waals surface area (Å²) in [6.45, 7) is 3.27. The van der Waals surface area contributed by atoms with Crippen LogP contribution in [0, 0.1) is 5.92 Å². The van der Waals surface area contributed by atoms with Crippen LogP contribution in [0.15, 0.2) is 0 Å². The van der Waals surface area contributed by atoms with Gasteiger partial charge in [-0.05, 0) is 37.2 Å². The van der Waals surface area contributed by atoms with E-state index in [1.165, 1.54) is 24.3 Å². The van der Waals surface area contributed by atoms with Crippen LogP contribution in [0.5, 0.6) is 0 Å². The Morgan fingerprint density at radius 3 is 2.90 bits per heavy atom. The summed E-state index contributed by atoms with van der Waals surface area (Å²) >= 11 is 2.09. The van der Waals surface area contributed by atoms with Crippen LogP contribution in [0.25, 0.3) is 0 Å². The van der Waals surface area contributed by atoms with E-state index in [2.05, 4.69) is 18.7 Å². The Hall–Kier alpha value is 0.310. The quantitative estimate of drug-likeness (QED) is 0.541. The highest BCUT2D eigenvalue weighted by atomic mass is 32.2. The third-order valence-corrected chi connectivity index (χ3v) is 3.84. The van der Waals surface area contributed by atoms with Crippen molar-refractivity contribution in [2.75, 3.05) is 18.1 Å². The smallest absolute Gasteiger partial charge is 0.0924 e. The van der Waals surface area contributed by atoms with Crippen LogP contribution in [0.2, 0.25) is 0 Å². The predicted octanol–water partition coefficient (Wildman–Crippen LogP) is 1.92. The molecule has 2 fully saturated rings. The lowest BCUT2D eigenvalue weighted by atomic mass is 9.92. The lowest BCUT2D eigenvalue weighted by molar-refractivity contribution is 0.238. The van der Waals surface area contributed by atoms with Crippen molar-refractivity contribution in [3.05, 3.63) is 0 Å². The molecule has 58 valence electrons. The molecular formula is C8H14OS. The first-order valence-corrected chi connectivity index (χ1v) is 5.18. The molecule has 10 heavy (non-hydrogen) atoms. The molecule has 2 atom stereocenters. The topological polar surface area (TPSA) is 12.5 Å². The van der Waals surface area contributed by atoms with Crippen molar-refractivity contribution in [2.45, 2.75) is 25.4 Å². The number of thioether (sulfide) groups is 1. The maximum Gasteiger partial charge on any atom is 0.0924 e. The van der Waals surface area contributed by atoms with Gasteiger partial charge in [0.2, 0.25) is 0 Å². The summed E-state index contributed by atoms with van der Waals surface area (Å²) in [7, 11) is 0. The number of ether oxygens (including phenoxy) is 1. The lowest BCUT2D eigenvalue weighted by Crippen LogP contribution is -2.25. The molecule has 2 rings (SSSR count). The molecule has 1 nitrogen and oxygen atoms in total. The number of epoxide rings is 1. The first-order chi connectivity index (χ1) is 4.81. The highest BCUT2D eigenvalue weighted by Crippen LogP contribution is 2.41. The van der Waals surface area contributed by atoms with E-state index < -0.39 is 0 Å². The molecule has 2 aliphatic heterocycles. The van der Waals surface area contributed by atoms with E-state index >= 15 is 0 Å². The molecule has 0 aromatic rings. The van der Waals surface area contributed by atoms with Gasteiger partial charge >= 0.3 is 0 Å². The van der Waals surface area contributed by atoms with E-state index in [4.69, 9.17) is 4.74 Å². The summed E-state index contributed by atoms with van der Waals surface area (Å²) in [4.78, 5) is 0. The van der Waals surface area contributed by atoms with Crippen LogP contribution in [0.1, 0.15) is 19.8 Å². The van der Waals surface area contributed by atoms with Gasteiger partial charge in [0.25, 0.3) is 0 Å². The first-order valence-electron chi connectivity index (χ1n) is 4.03. The highest BCUT2D eigenvalue weighted by molar-refractivity contribution is 7.99. The van der Waals surface area contributed by atoms with E-state index in [9.17, 15) is 0 Å². The van der Waals surface area contributed by atoms with Crippen LogP contribution in [0.3, 0.4) is 0 Å². The molecule has 0 aromatic heterocycles. The van der Waals surface area contributed by atoms with E-state index in [0.717, 1.165) is 12.5 Å². The highest BCUT2D eigenvalue weighted by Gasteiger charge is 2.46. The Labute approximate surface area is 66.5 Å². The van der Waals surface area contributed by atoms with E-state index in [0.29, 0.717) is 5.60 Å². The van der Waals surface area contributed by atoms with Gasteiger partial charge < -0.3 is 4.74 Å². The number of rotatable bonds is 1. The van der Waals surface area contributed by atoms with Gasteiger partial charge in [-0.3, -0.25) is 0 Å². The van der Waals surface area contributed by atoms with Crippen molar-refractivity contribution in [3.63, 3.8) is 0 Å². The fourth-order valence-corrected chi connectivity index (χ4v) is 2.91. The maximum atomic E-state index is 5.42. The predicted molar refractivity (Wildman–Crippen MR) is 44.4 cm³/mol. The van der Waals surface area contributed by atoms with Gasteiger partial charge in [-0.2, -0.15) is 11.8 Å². The zero-order chi connectivity index (χ0) is 7.03. The molecule has 0 N–H and O–H groups in total. The molecule has 0 aliphatic carbocycles. The third kappa shape index (κ3) is 1.19. The zero-order valence-corrected chi connectivity index (χ0v) is 7.25. The molecule has 2 unspecified atom stereocenters. The van der Waals surface area contributed by atoms with Crippen molar-refractivity contribution in [2.24, 2.45) is 5.92 Å². The monoisotopic (exact) mass is 158 g/mol. The van der Waals surface area contributed by atoms with Gasteiger partial charge in [0, 0.05) is 0 Å². The van der Waals surface area contributed by atoms with Crippen molar-refractivity contribution in [3.8, 4) is 0 Å². The molecule has 2 heterocycles. The first kappa shape index (κ1) is 6.99. The van der Waals surface area contributed by atoms with Crippen molar-refractivity contribution in [1.29, 1.82) is 0 Å². The molecule has 0 amide bonds. The van der Waals surface area contributed by atoms with Crippen LogP contribution in [-0.2, 0) is 4.74 Å². The second kappa shape index (κ2) is 2.42. The minimum absolute atomic E-state index is 0.299. The summed E-state index contributed by atoms with van der Waals surface area (Å²) in [5, 5.41) is 0. The second-order valence-corrected chi connectivity index (χ2v) is 4.67. The van der Waals surface area contributed by atoms with Crippen LogP contribution >= 0.6 is 11.8 Å². The Balaban J connectivity index is 1.91. The summed E-state index contributed by atoms with van der Waals surface area (Å²) in [5.41, 5.74) is 0.299. The van der Waals surface area contributed by atoms with Gasteiger partial charge in [-0.15, -0.1) is 0 Å². The van der Waals surface area contributed by atoms with Crippen LogP contribution in [-0.4, -0.2) is 23.7 Å². The van der Waals surface area contributed by atoms with Gasteiger partial charge in [0.05, 0.1) is 12.2 Å². The Morgan fingerprint density at radius 2 is 2.40 bits per heavy atom. The number of hydrogen-bond acceptors (Lipinski definition) is 2. The van der Waals surface area contributed by atoms with Gasteiger partial charge in [0.15, 0.2) is 0 Å². The fraction of sp³-hybridized carbons (Fsp3) is 1.00. The SMILES string of the molecule is CC1(C2CCCSC2)CO1.